The Hall–Kier alpha value is -2.53. The number of halogens is 1. The molecule has 0 bridgehead atoms. The molecule has 0 unspecified atom stereocenters. The molecule has 2 amide bonds. The van der Waals surface area contributed by atoms with E-state index in [0.717, 1.165) is 16.7 Å². The van der Waals surface area contributed by atoms with Gasteiger partial charge in [-0.05, 0) is 69.9 Å². The highest BCUT2D eigenvalue weighted by atomic mass is 35.5. The monoisotopic (exact) mass is 444 g/mol. The molecule has 0 spiro atoms. The van der Waals surface area contributed by atoms with E-state index in [1.165, 1.54) is 0 Å². The van der Waals surface area contributed by atoms with E-state index in [0.29, 0.717) is 23.7 Å². The molecule has 0 heterocycles. The highest BCUT2D eigenvalue weighted by Crippen LogP contribution is 2.26. The summed E-state index contributed by atoms with van der Waals surface area (Å²) in [6, 6.07) is 12.7. The largest absolute Gasteiger partial charge is 0.484 e. The van der Waals surface area contributed by atoms with Crippen molar-refractivity contribution in [3.05, 3.63) is 64.2 Å². The molecule has 0 fully saturated rings. The van der Waals surface area contributed by atoms with E-state index in [1.807, 2.05) is 84.0 Å². The number of rotatable bonds is 8. The van der Waals surface area contributed by atoms with Gasteiger partial charge in [0.15, 0.2) is 6.61 Å². The van der Waals surface area contributed by atoms with Gasteiger partial charge in [-0.15, -0.1) is 0 Å². The molecular formula is C25H33ClN2O3. The fourth-order valence-electron chi connectivity index (χ4n) is 3.37. The Bertz CT molecular complexity index is 884. The Morgan fingerprint density at radius 3 is 2.19 bits per heavy atom. The zero-order chi connectivity index (χ0) is 23.2. The number of benzene rings is 2. The number of nitrogens with zero attached hydrogens (tertiary/aromatic N) is 1. The van der Waals surface area contributed by atoms with Gasteiger partial charge >= 0.3 is 0 Å². The summed E-state index contributed by atoms with van der Waals surface area (Å²) in [4.78, 5) is 27.8. The molecule has 2 aromatic carbocycles. The lowest BCUT2D eigenvalue weighted by atomic mass is 10.1. The Labute approximate surface area is 190 Å². The van der Waals surface area contributed by atoms with Crippen molar-refractivity contribution in [3.8, 4) is 5.75 Å². The Kier molecular flexibility index (Phi) is 8.52. The minimum Gasteiger partial charge on any atom is -0.484 e. The predicted octanol–water partition coefficient (Wildman–Crippen LogP) is 5.06. The van der Waals surface area contributed by atoms with Crippen LogP contribution in [0.2, 0.25) is 5.02 Å². The minimum atomic E-state index is -0.593. The van der Waals surface area contributed by atoms with Crippen molar-refractivity contribution < 1.29 is 14.3 Å². The molecule has 0 saturated carbocycles. The van der Waals surface area contributed by atoms with Crippen LogP contribution in [0.15, 0.2) is 42.5 Å². The molecule has 0 saturated heterocycles. The van der Waals surface area contributed by atoms with Crippen LogP contribution < -0.4 is 10.1 Å². The third-order valence-corrected chi connectivity index (χ3v) is 5.45. The van der Waals surface area contributed by atoms with Crippen molar-refractivity contribution in [1.29, 1.82) is 0 Å². The predicted molar refractivity (Wildman–Crippen MR) is 125 cm³/mol. The molecule has 2 aromatic rings. The lowest BCUT2D eigenvalue weighted by Gasteiger charge is -2.33. The number of ether oxygens (including phenoxy) is 1. The summed E-state index contributed by atoms with van der Waals surface area (Å²) in [6.45, 7) is 11.7. The number of hydrogen-bond acceptors (Lipinski definition) is 3. The smallest absolute Gasteiger partial charge is 0.261 e. The van der Waals surface area contributed by atoms with Gasteiger partial charge in [0.05, 0.1) is 0 Å². The normalized spacial score (nSPS) is 12.2. The SMILES string of the molecule is CC[C@@H](C(=O)NC(C)(C)C)N(Cc1ccccc1)C(=O)COc1cc(C)c(Cl)c(C)c1. The molecule has 1 atom stereocenters. The van der Waals surface area contributed by atoms with Gasteiger partial charge in [-0.25, -0.2) is 0 Å². The topological polar surface area (TPSA) is 58.6 Å². The first-order valence-corrected chi connectivity index (χ1v) is 10.9. The van der Waals surface area contributed by atoms with Crippen LogP contribution in [0.1, 0.15) is 50.8 Å². The highest BCUT2D eigenvalue weighted by Gasteiger charge is 2.30. The maximum absolute atomic E-state index is 13.2. The second-order valence-corrected chi connectivity index (χ2v) is 9.21. The standard InChI is InChI=1S/C25H33ClN2O3/c1-7-21(24(30)27-25(4,5)6)28(15-19-11-9-8-10-12-19)22(29)16-31-20-13-17(2)23(26)18(3)14-20/h8-14,21H,7,15-16H2,1-6H3,(H,27,30)/t21-/m0/s1. The molecule has 0 aliphatic heterocycles. The molecule has 168 valence electrons. The lowest BCUT2D eigenvalue weighted by molar-refractivity contribution is -0.143. The molecule has 0 aliphatic rings. The highest BCUT2D eigenvalue weighted by molar-refractivity contribution is 6.32. The van der Waals surface area contributed by atoms with Crippen LogP contribution >= 0.6 is 11.6 Å². The van der Waals surface area contributed by atoms with Crippen LogP contribution in [0, 0.1) is 13.8 Å². The lowest BCUT2D eigenvalue weighted by Crippen LogP contribution is -2.54. The summed E-state index contributed by atoms with van der Waals surface area (Å²) < 4.78 is 5.80. The zero-order valence-corrected chi connectivity index (χ0v) is 20.0. The number of hydrogen-bond donors (Lipinski definition) is 1. The van der Waals surface area contributed by atoms with E-state index in [1.54, 1.807) is 4.90 Å². The van der Waals surface area contributed by atoms with Gasteiger partial charge in [0, 0.05) is 17.1 Å². The first-order chi connectivity index (χ1) is 14.5. The Balaban J connectivity index is 2.24. The van der Waals surface area contributed by atoms with Gasteiger partial charge in [0.2, 0.25) is 5.91 Å². The van der Waals surface area contributed by atoms with Crippen LogP contribution in [-0.4, -0.2) is 34.9 Å². The van der Waals surface area contributed by atoms with E-state index >= 15 is 0 Å². The number of aryl methyl sites for hydroxylation is 2. The van der Waals surface area contributed by atoms with E-state index in [-0.39, 0.29) is 24.0 Å². The quantitative estimate of drug-likeness (QED) is 0.619. The molecule has 6 heteroatoms. The maximum atomic E-state index is 13.2. The number of carbonyl (C=O) groups is 2. The van der Waals surface area contributed by atoms with E-state index in [9.17, 15) is 9.59 Å². The summed E-state index contributed by atoms with van der Waals surface area (Å²) in [5, 5.41) is 3.69. The van der Waals surface area contributed by atoms with Crippen molar-refractivity contribution in [1.82, 2.24) is 10.2 Å². The van der Waals surface area contributed by atoms with Crippen molar-refractivity contribution in [3.63, 3.8) is 0 Å². The molecule has 0 aromatic heterocycles. The summed E-state index contributed by atoms with van der Waals surface area (Å²) >= 11 is 6.23. The molecule has 2 rings (SSSR count). The molecule has 0 aliphatic carbocycles. The van der Waals surface area contributed by atoms with Gasteiger partial charge in [-0.2, -0.15) is 0 Å². The average molecular weight is 445 g/mol. The van der Waals surface area contributed by atoms with Crippen molar-refractivity contribution in [2.75, 3.05) is 6.61 Å². The summed E-state index contributed by atoms with van der Waals surface area (Å²) in [6.07, 6.45) is 0.500. The van der Waals surface area contributed by atoms with E-state index < -0.39 is 6.04 Å². The van der Waals surface area contributed by atoms with E-state index in [2.05, 4.69) is 5.32 Å². The summed E-state index contributed by atoms with van der Waals surface area (Å²) in [5.41, 5.74) is 2.35. The van der Waals surface area contributed by atoms with Crippen LogP contribution in [0.4, 0.5) is 0 Å². The Morgan fingerprint density at radius 2 is 1.68 bits per heavy atom. The first kappa shape index (κ1) is 24.7. The molecular weight excluding hydrogens is 412 g/mol. The Morgan fingerprint density at radius 1 is 1.10 bits per heavy atom. The van der Waals surface area contributed by atoms with Crippen LogP contribution in [0.5, 0.6) is 5.75 Å². The van der Waals surface area contributed by atoms with Gasteiger partial charge in [-0.3, -0.25) is 9.59 Å². The van der Waals surface area contributed by atoms with Gasteiger partial charge in [0.25, 0.3) is 5.91 Å². The molecule has 31 heavy (non-hydrogen) atoms. The van der Waals surface area contributed by atoms with Gasteiger partial charge in [-0.1, -0.05) is 48.9 Å². The van der Waals surface area contributed by atoms with Gasteiger partial charge in [0.1, 0.15) is 11.8 Å². The summed E-state index contributed by atoms with van der Waals surface area (Å²) in [7, 11) is 0. The van der Waals surface area contributed by atoms with Crippen molar-refractivity contribution in [2.24, 2.45) is 0 Å². The third-order valence-electron chi connectivity index (χ3n) is 4.85. The third kappa shape index (κ3) is 7.28. The fourth-order valence-corrected chi connectivity index (χ4v) is 3.48. The number of carbonyl (C=O) groups excluding carboxylic acids is 2. The minimum absolute atomic E-state index is 0.160. The molecule has 0 radical (unpaired) electrons. The van der Waals surface area contributed by atoms with Crippen LogP contribution in [0.3, 0.4) is 0 Å². The second-order valence-electron chi connectivity index (χ2n) is 8.83. The van der Waals surface area contributed by atoms with Crippen LogP contribution in [0.25, 0.3) is 0 Å². The molecule has 1 N–H and O–H groups in total. The fraction of sp³-hybridized carbons (Fsp3) is 0.440. The van der Waals surface area contributed by atoms with Gasteiger partial charge < -0.3 is 15.0 Å². The first-order valence-electron chi connectivity index (χ1n) is 10.6. The summed E-state index contributed by atoms with van der Waals surface area (Å²) in [5.74, 6) is 0.169. The second kappa shape index (κ2) is 10.7. The van der Waals surface area contributed by atoms with Crippen LogP contribution in [-0.2, 0) is 16.1 Å². The average Bonchev–Trinajstić information content (AvgIpc) is 2.69. The molecule has 5 nitrogen and oxygen atoms in total. The van der Waals surface area contributed by atoms with Crippen molar-refractivity contribution in [2.45, 2.75) is 66.1 Å². The van der Waals surface area contributed by atoms with Crippen molar-refractivity contribution >= 4 is 23.4 Å². The van der Waals surface area contributed by atoms with E-state index in [4.69, 9.17) is 16.3 Å². The number of nitrogens with one attached hydrogen (secondary N) is 1. The zero-order valence-electron chi connectivity index (χ0n) is 19.3. The number of amides is 2. The maximum Gasteiger partial charge on any atom is 0.261 e.